The largest absolute Gasteiger partial charge is 0.301 e. The van der Waals surface area contributed by atoms with Crippen LogP contribution in [-0.4, -0.2) is 14.8 Å². The molecule has 2 aliphatic carbocycles. The molecule has 0 saturated heterocycles. The first-order valence-corrected chi connectivity index (χ1v) is 5.83. The number of hydrogen-bond acceptors (Lipinski definition) is 2. The van der Waals surface area contributed by atoms with Crippen molar-refractivity contribution in [1.82, 2.24) is 14.8 Å². The SMILES string of the molecule is Cc1n[nH]c(=S)n1C1C2CCCCC21. The highest BCUT2D eigenvalue weighted by atomic mass is 32.1. The minimum absolute atomic E-state index is 0.670. The summed E-state index contributed by atoms with van der Waals surface area (Å²) in [6, 6.07) is 0.670. The van der Waals surface area contributed by atoms with Crippen LogP contribution in [0.25, 0.3) is 0 Å². The van der Waals surface area contributed by atoms with Crippen molar-refractivity contribution in [3.8, 4) is 0 Å². The number of H-pyrrole nitrogens is 1. The molecule has 1 heterocycles. The predicted octanol–water partition coefficient (Wildman–Crippen LogP) is 2.61. The van der Waals surface area contributed by atoms with Crippen molar-refractivity contribution in [2.24, 2.45) is 11.8 Å². The van der Waals surface area contributed by atoms with Crippen LogP contribution in [0, 0.1) is 23.5 Å². The van der Waals surface area contributed by atoms with E-state index < -0.39 is 0 Å². The summed E-state index contributed by atoms with van der Waals surface area (Å²) in [7, 11) is 0. The quantitative estimate of drug-likeness (QED) is 0.721. The van der Waals surface area contributed by atoms with Crippen LogP contribution < -0.4 is 0 Å². The van der Waals surface area contributed by atoms with Crippen molar-refractivity contribution in [2.75, 3.05) is 0 Å². The number of aryl methyl sites for hydroxylation is 1. The molecule has 0 radical (unpaired) electrons. The number of hydrogen-bond donors (Lipinski definition) is 1. The summed E-state index contributed by atoms with van der Waals surface area (Å²) in [6.45, 7) is 2.04. The number of aromatic nitrogens is 3. The Kier molecular flexibility index (Phi) is 1.81. The monoisotopic (exact) mass is 209 g/mol. The van der Waals surface area contributed by atoms with Gasteiger partial charge in [0, 0.05) is 6.04 Å². The van der Waals surface area contributed by atoms with Crippen molar-refractivity contribution in [1.29, 1.82) is 0 Å². The van der Waals surface area contributed by atoms with E-state index in [0.29, 0.717) is 6.04 Å². The fourth-order valence-electron chi connectivity index (χ4n) is 3.07. The molecule has 0 aromatic carbocycles. The highest BCUT2D eigenvalue weighted by molar-refractivity contribution is 7.71. The summed E-state index contributed by atoms with van der Waals surface area (Å²) in [5.74, 6) is 2.84. The van der Waals surface area contributed by atoms with Crippen LogP contribution in [0.2, 0.25) is 0 Å². The van der Waals surface area contributed by atoms with Crippen LogP contribution in [0.1, 0.15) is 37.5 Å². The van der Waals surface area contributed by atoms with Crippen LogP contribution in [-0.2, 0) is 0 Å². The number of nitrogens with zero attached hydrogens (tertiary/aromatic N) is 2. The van der Waals surface area contributed by atoms with Crippen LogP contribution in [0.4, 0.5) is 0 Å². The average molecular weight is 209 g/mol. The Hall–Kier alpha value is -0.640. The van der Waals surface area contributed by atoms with E-state index in [1.165, 1.54) is 25.7 Å². The van der Waals surface area contributed by atoms with Gasteiger partial charge < -0.3 is 4.57 Å². The molecule has 0 spiro atoms. The second-order valence-electron chi connectivity index (χ2n) is 4.55. The smallest absolute Gasteiger partial charge is 0.195 e. The minimum Gasteiger partial charge on any atom is -0.301 e. The number of fused-ring (bicyclic) bond motifs is 1. The standard InChI is InChI=1S/C10H15N3S/c1-6-11-12-10(14)13(6)9-7-4-2-3-5-8(7)9/h7-9H,2-5H2,1H3,(H,12,14). The molecule has 0 aliphatic heterocycles. The Bertz CT molecular complexity index is 394. The topological polar surface area (TPSA) is 33.6 Å². The van der Waals surface area contributed by atoms with Gasteiger partial charge in [0.1, 0.15) is 5.82 Å². The maximum atomic E-state index is 5.26. The molecule has 2 unspecified atom stereocenters. The molecule has 2 atom stereocenters. The minimum atomic E-state index is 0.670. The highest BCUT2D eigenvalue weighted by Gasteiger charge is 2.52. The van der Waals surface area contributed by atoms with E-state index in [1.807, 2.05) is 6.92 Å². The molecule has 1 N–H and O–H groups in total. The Balaban J connectivity index is 1.94. The maximum Gasteiger partial charge on any atom is 0.195 e. The third-order valence-corrected chi connectivity index (χ3v) is 4.08. The molecule has 76 valence electrons. The van der Waals surface area contributed by atoms with Crippen LogP contribution in [0.3, 0.4) is 0 Å². The predicted molar refractivity (Wildman–Crippen MR) is 56.6 cm³/mol. The van der Waals surface area contributed by atoms with E-state index in [9.17, 15) is 0 Å². The van der Waals surface area contributed by atoms with E-state index in [0.717, 1.165) is 22.4 Å². The molecule has 1 aromatic heterocycles. The van der Waals surface area contributed by atoms with Crippen LogP contribution in [0.5, 0.6) is 0 Å². The molecule has 4 heteroatoms. The summed E-state index contributed by atoms with van der Waals surface area (Å²) in [6.07, 6.45) is 5.59. The van der Waals surface area contributed by atoms with E-state index in [4.69, 9.17) is 12.2 Å². The lowest BCUT2D eigenvalue weighted by Gasteiger charge is -2.04. The van der Waals surface area contributed by atoms with Gasteiger partial charge in [0.25, 0.3) is 0 Å². The molecule has 3 nitrogen and oxygen atoms in total. The lowest BCUT2D eigenvalue weighted by atomic mass is 10.0. The van der Waals surface area contributed by atoms with Crippen molar-refractivity contribution in [3.05, 3.63) is 10.6 Å². The van der Waals surface area contributed by atoms with Gasteiger partial charge in [-0.15, -0.1) is 0 Å². The van der Waals surface area contributed by atoms with E-state index in [2.05, 4.69) is 14.8 Å². The fraction of sp³-hybridized carbons (Fsp3) is 0.800. The van der Waals surface area contributed by atoms with Crippen molar-refractivity contribution < 1.29 is 0 Å². The zero-order valence-corrected chi connectivity index (χ0v) is 9.18. The Morgan fingerprint density at radius 1 is 1.36 bits per heavy atom. The lowest BCUT2D eigenvalue weighted by molar-refractivity contribution is 0.480. The van der Waals surface area contributed by atoms with Gasteiger partial charge in [-0.05, 0) is 43.8 Å². The first kappa shape index (κ1) is 8.65. The zero-order chi connectivity index (χ0) is 9.71. The van der Waals surface area contributed by atoms with E-state index in [-0.39, 0.29) is 0 Å². The molecule has 2 aliphatic rings. The van der Waals surface area contributed by atoms with Gasteiger partial charge in [0.05, 0.1) is 0 Å². The summed E-state index contributed by atoms with van der Waals surface area (Å²) in [5, 5.41) is 7.06. The molecule has 1 aromatic rings. The average Bonchev–Trinajstić information content (AvgIpc) is 2.82. The normalized spacial score (nSPS) is 35.4. The van der Waals surface area contributed by atoms with Gasteiger partial charge in [0.15, 0.2) is 4.77 Å². The van der Waals surface area contributed by atoms with Crippen molar-refractivity contribution in [3.63, 3.8) is 0 Å². The maximum absolute atomic E-state index is 5.26. The zero-order valence-electron chi connectivity index (χ0n) is 8.36. The molecular weight excluding hydrogens is 194 g/mol. The molecular formula is C10H15N3S. The second kappa shape index (κ2) is 2.92. The molecule has 3 rings (SSSR count). The van der Waals surface area contributed by atoms with Gasteiger partial charge >= 0.3 is 0 Å². The van der Waals surface area contributed by atoms with Crippen LogP contribution in [0.15, 0.2) is 0 Å². The van der Waals surface area contributed by atoms with Gasteiger partial charge in [-0.3, -0.25) is 5.10 Å². The molecule has 2 fully saturated rings. The lowest BCUT2D eigenvalue weighted by Crippen LogP contribution is -1.99. The second-order valence-corrected chi connectivity index (χ2v) is 4.94. The summed E-state index contributed by atoms with van der Waals surface area (Å²) >= 11 is 5.26. The third-order valence-electron chi connectivity index (χ3n) is 3.79. The Labute approximate surface area is 88.5 Å². The third kappa shape index (κ3) is 1.10. The van der Waals surface area contributed by atoms with Crippen molar-refractivity contribution in [2.45, 2.75) is 38.6 Å². The number of rotatable bonds is 1. The van der Waals surface area contributed by atoms with Gasteiger partial charge in [-0.25, -0.2) is 0 Å². The van der Waals surface area contributed by atoms with Gasteiger partial charge in [-0.1, -0.05) is 12.8 Å². The first-order valence-electron chi connectivity index (χ1n) is 5.42. The number of aromatic amines is 1. The van der Waals surface area contributed by atoms with E-state index >= 15 is 0 Å². The summed E-state index contributed by atoms with van der Waals surface area (Å²) in [4.78, 5) is 0. The molecule has 2 saturated carbocycles. The molecule has 0 amide bonds. The van der Waals surface area contributed by atoms with Gasteiger partial charge in [0.2, 0.25) is 0 Å². The molecule has 0 bridgehead atoms. The van der Waals surface area contributed by atoms with Crippen LogP contribution >= 0.6 is 12.2 Å². The summed E-state index contributed by atoms with van der Waals surface area (Å²) < 4.78 is 3.04. The van der Waals surface area contributed by atoms with Gasteiger partial charge in [-0.2, -0.15) is 5.10 Å². The van der Waals surface area contributed by atoms with E-state index in [1.54, 1.807) is 0 Å². The Morgan fingerprint density at radius 2 is 2.00 bits per heavy atom. The summed E-state index contributed by atoms with van der Waals surface area (Å²) in [5.41, 5.74) is 0. The number of nitrogens with one attached hydrogen (secondary N) is 1. The molecule has 14 heavy (non-hydrogen) atoms. The highest BCUT2D eigenvalue weighted by Crippen LogP contribution is 2.58. The van der Waals surface area contributed by atoms with Crippen molar-refractivity contribution >= 4 is 12.2 Å². The first-order chi connectivity index (χ1) is 6.79. The fourth-order valence-corrected chi connectivity index (χ4v) is 3.37. The Morgan fingerprint density at radius 3 is 2.50 bits per heavy atom.